The molecule has 0 fully saturated rings. The van der Waals surface area contributed by atoms with Crippen LogP contribution in [0.2, 0.25) is 5.02 Å². The van der Waals surface area contributed by atoms with Gasteiger partial charge in [-0.25, -0.2) is 5.43 Å². The first-order valence-electron chi connectivity index (χ1n) is 5.27. The van der Waals surface area contributed by atoms with Crippen LogP contribution in [0, 0.1) is 6.92 Å². The van der Waals surface area contributed by atoms with Crippen LogP contribution in [0.4, 0.5) is 0 Å². The molecule has 0 spiro atoms. The lowest BCUT2D eigenvalue weighted by molar-refractivity contribution is 0.215. The quantitative estimate of drug-likeness (QED) is 0.628. The summed E-state index contributed by atoms with van der Waals surface area (Å²) in [6, 6.07) is 5.76. The molecular formula is C12H15ClN2O. The number of hydrogen-bond donors (Lipinski definition) is 2. The summed E-state index contributed by atoms with van der Waals surface area (Å²) in [6.07, 6.45) is 2.97. The summed E-state index contributed by atoms with van der Waals surface area (Å²) in [5, 5.41) is 0.708. The molecule has 1 aliphatic rings. The largest absolute Gasteiger partial charge is 0.496 e. The second-order valence-electron chi connectivity index (χ2n) is 3.87. The Morgan fingerprint density at radius 3 is 2.88 bits per heavy atom. The third-order valence-corrected chi connectivity index (χ3v) is 2.98. The molecule has 1 aromatic rings. The van der Waals surface area contributed by atoms with Crippen LogP contribution in [0.25, 0.3) is 0 Å². The summed E-state index contributed by atoms with van der Waals surface area (Å²) in [5.74, 6) is 6.42. The molecule has 0 saturated carbocycles. The molecule has 1 unspecified atom stereocenters. The Bertz CT molecular complexity index is 417. The minimum atomic E-state index is -0.157. The number of halogens is 1. The Balaban J connectivity index is 2.32. The van der Waals surface area contributed by atoms with E-state index in [2.05, 4.69) is 5.43 Å². The summed E-state index contributed by atoms with van der Waals surface area (Å²) in [5.41, 5.74) is 4.82. The van der Waals surface area contributed by atoms with E-state index in [-0.39, 0.29) is 6.04 Å². The molecule has 0 saturated heterocycles. The van der Waals surface area contributed by atoms with Gasteiger partial charge in [-0.2, -0.15) is 0 Å². The van der Waals surface area contributed by atoms with Gasteiger partial charge in [0.1, 0.15) is 11.8 Å². The normalized spacial score (nSPS) is 16.8. The molecule has 0 radical (unpaired) electrons. The minimum Gasteiger partial charge on any atom is -0.496 e. The topological polar surface area (TPSA) is 47.3 Å². The van der Waals surface area contributed by atoms with Crippen molar-refractivity contribution in [2.75, 3.05) is 6.61 Å². The lowest BCUT2D eigenvalue weighted by atomic mass is 10.0. The maximum absolute atomic E-state index is 6.20. The summed E-state index contributed by atoms with van der Waals surface area (Å²) < 4.78 is 5.51. The predicted octanol–water partition coefficient (Wildman–Crippen LogP) is 2.46. The maximum Gasteiger partial charge on any atom is 0.115 e. The molecular weight excluding hydrogens is 224 g/mol. The Morgan fingerprint density at radius 1 is 1.50 bits per heavy atom. The van der Waals surface area contributed by atoms with Gasteiger partial charge in [-0.15, -0.1) is 0 Å². The smallest absolute Gasteiger partial charge is 0.115 e. The van der Waals surface area contributed by atoms with Gasteiger partial charge < -0.3 is 4.74 Å². The van der Waals surface area contributed by atoms with Crippen molar-refractivity contribution in [2.45, 2.75) is 19.4 Å². The molecule has 3 nitrogen and oxygen atoms in total. The Labute approximate surface area is 100 Å². The summed E-state index contributed by atoms with van der Waals surface area (Å²) >= 11 is 6.20. The van der Waals surface area contributed by atoms with Crippen LogP contribution >= 0.6 is 11.6 Å². The van der Waals surface area contributed by atoms with Crippen LogP contribution in [-0.4, -0.2) is 6.61 Å². The van der Waals surface area contributed by atoms with Crippen molar-refractivity contribution in [3.8, 4) is 0 Å². The van der Waals surface area contributed by atoms with Crippen LogP contribution in [0.3, 0.4) is 0 Å². The number of rotatable bonds is 3. The van der Waals surface area contributed by atoms with Gasteiger partial charge in [0.05, 0.1) is 6.61 Å². The molecule has 0 bridgehead atoms. The molecule has 1 heterocycles. The van der Waals surface area contributed by atoms with Crippen molar-refractivity contribution in [3.63, 3.8) is 0 Å². The van der Waals surface area contributed by atoms with Gasteiger partial charge in [0.25, 0.3) is 0 Å². The monoisotopic (exact) mass is 238 g/mol. The highest BCUT2D eigenvalue weighted by Gasteiger charge is 2.21. The zero-order valence-electron chi connectivity index (χ0n) is 9.16. The fourth-order valence-electron chi connectivity index (χ4n) is 1.83. The average Bonchev–Trinajstić information content (AvgIpc) is 2.75. The summed E-state index contributed by atoms with van der Waals surface area (Å²) in [6.45, 7) is 2.73. The molecule has 0 aromatic heterocycles. The second-order valence-corrected chi connectivity index (χ2v) is 4.28. The molecule has 3 N–H and O–H groups in total. The van der Waals surface area contributed by atoms with Gasteiger partial charge in [-0.3, -0.25) is 5.84 Å². The van der Waals surface area contributed by atoms with Gasteiger partial charge in [0.15, 0.2) is 0 Å². The van der Waals surface area contributed by atoms with Crippen molar-refractivity contribution >= 4 is 11.6 Å². The average molecular weight is 239 g/mol. The Kier molecular flexibility index (Phi) is 3.49. The maximum atomic E-state index is 6.20. The van der Waals surface area contributed by atoms with E-state index in [1.807, 2.05) is 31.2 Å². The molecule has 86 valence electrons. The van der Waals surface area contributed by atoms with E-state index in [0.29, 0.717) is 5.02 Å². The summed E-state index contributed by atoms with van der Waals surface area (Å²) in [7, 11) is 0. The van der Waals surface area contributed by atoms with Gasteiger partial charge in [-0.1, -0.05) is 23.7 Å². The van der Waals surface area contributed by atoms with Gasteiger partial charge in [0.2, 0.25) is 0 Å². The molecule has 1 atom stereocenters. The van der Waals surface area contributed by atoms with Crippen molar-refractivity contribution in [3.05, 3.63) is 46.2 Å². The van der Waals surface area contributed by atoms with E-state index in [4.69, 9.17) is 22.2 Å². The fourth-order valence-corrected chi connectivity index (χ4v) is 2.17. The second kappa shape index (κ2) is 4.87. The van der Waals surface area contributed by atoms with E-state index >= 15 is 0 Å². The lowest BCUT2D eigenvalue weighted by Gasteiger charge is -2.19. The third-order valence-electron chi connectivity index (χ3n) is 2.65. The standard InChI is InChI=1S/C12H15ClN2O/c1-8-4-5-9(10(13)7-8)12(15-14)11-3-2-6-16-11/h3-5,7,12,15H,2,6,14H2,1H3. The van der Waals surface area contributed by atoms with E-state index in [1.54, 1.807) is 0 Å². The van der Waals surface area contributed by atoms with Gasteiger partial charge in [-0.05, 0) is 30.2 Å². The zero-order valence-corrected chi connectivity index (χ0v) is 9.92. The van der Waals surface area contributed by atoms with Gasteiger partial charge >= 0.3 is 0 Å². The number of nitrogens with one attached hydrogen (secondary N) is 1. The highest BCUT2D eigenvalue weighted by Crippen LogP contribution is 2.31. The number of nitrogens with two attached hydrogens (primary N) is 1. The minimum absolute atomic E-state index is 0.157. The first-order valence-corrected chi connectivity index (χ1v) is 5.65. The molecule has 4 heteroatoms. The van der Waals surface area contributed by atoms with Crippen LogP contribution in [0.5, 0.6) is 0 Å². The Hall–Kier alpha value is -1.03. The van der Waals surface area contributed by atoms with E-state index < -0.39 is 0 Å². The number of aryl methyl sites for hydroxylation is 1. The molecule has 1 aliphatic heterocycles. The zero-order chi connectivity index (χ0) is 11.5. The molecule has 0 amide bonds. The van der Waals surface area contributed by atoms with Crippen LogP contribution in [0.1, 0.15) is 23.6 Å². The van der Waals surface area contributed by atoms with Gasteiger partial charge in [0, 0.05) is 11.4 Å². The van der Waals surface area contributed by atoms with E-state index in [0.717, 1.165) is 29.9 Å². The van der Waals surface area contributed by atoms with Crippen LogP contribution < -0.4 is 11.3 Å². The molecule has 0 aliphatic carbocycles. The first kappa shape index (κ1) is 11.5. The SMILES string of the molecule is Cc1ccc(C(NN)C2=CCCO2)c(Cl)c1. The summed E-state index contributed by atoms with van der Waals surface area (Å²) in [4.78, 5) is 0. The molecule has 1 aromatic carbocycles. The molecule has 2 rings (SSSR count). The number of hydrogen-bond acceptors (Lipinski definition) is 3. The number of ether oxygens (including phenoxy) is 1. The predicted molar refractivity (Wildman–Crippen MR) is 64.9 cm³/mol. The van der Waals surface area contributed by atoms with E-state index in [9.17, 15) is 0 Å². The van der Waals surface area contributed by atoms with Crippen LogP contribution in [0.15, 0.2) is 30.0 Å². The van der Waals surface area contributed by atoms with Crippen LogP contribution in [-0.2, 0) is 4.74 Å². The highest BCUT2D eigenvalue weighted by atomic mass is 35.5. The van der Waals surface area contributed by atoms with Crippen molar-refractivity contribution in [2.24, 2.45) is 5.84 Å². The Morgan fingerprint density at radius 2 is 2.31 bits per heavy atom. The highest BCUT2D eigenvalue weighted by molar-refractivity contribution is 6.31. The van der Waals surface area contributed by atoms with Crippen molar-refractivity contribution in [1.82, 2.24) is 5.43 Å². The van der Waals surface area contributed by atoms with Crippen molar-refractivity contribution < 1.29 is 4.74 Å². The number of benzene rings is 1. The number of hydrazine groups is 1. The van der Waals surface area contributed by atoms with Crippen molar-refractivity contribution in [1.29, 1.82) is 0 Å². The van der Waals surface area contributed by atoms with E-state index in [1.165, 1.54) is 0 Å². The lowest BCUT2D eigenvalue weighted by Crippen LogP contribution is -2.29. The molecule has 16 heavy (non-hydrogen) atoms. The first-order chi connectivity index (χ1) is 7.72. The third kappa shape index (κ3) is 2.21. The fraction of sp³-hybridized carbons (Fsp3) is 0.333.